The number of benzene rings is 2. The Morgan fingerprint density at radius 1 is 1.00 bits per heavy atom. The van der Waals surface area contributed by atoms with Crippen LogP contribution in [0.2, 0.25) is 0 Å². The molecule has 2 aliphatic heterocycles. The lowest BCUT2D eigenvalue weighted by atomic mass is 10.1. The number of nitrogens with zero attached hydrogens (tertiary/aromatic N) is 5. The van der Waals surface area contributed by atoms with Crippen LogP contribution in [0.4, 0.5) is 17.3 Å². The van der Waals surface area contributed by atoms with Gasteiger partial charge in [-0.15, -0.1) is 0 Å². The molecule has 2 saturated heterocycles. The summed E-state index contributed by atoms with van der Waals surface area (Å²) in [6, 6.07) is 16.4. The minimum atomic E-state index is -0.773. The molecular weight excluding hydrogens is 482 g/mol. The number of hydrogen-bond donors (Lipinski definition) is 3. The number of hydrogen-bond acceptors (Lipinski definition) is 9. The van der Waals surface area contributed by atoms with Gasteiger partial charge in [0, 0.05) is 75.5 Å². The number of aromatic nitrogens is 2. The van der Waals surface area contributed by atoms with Crippen LogP contribution < -0.4 is 16.0 Å². The fourth-order valence-electron chi connectivity index (χ4n) is 5.01. The zero-order chi connectivity index (χ0) is 26.3. The summed E-state index contributed by atoms with van der Waals surface area (Å²) in [4.78, 5) is 27.1. The molecule has 2 aromatic carbocycles. The average Bonchev–Trinajstić information content (AvgIpc) is 2.95. The molecule has 0 spiro atoms. The highest BCUT2D eigenvalue weighted by Gasteiger charge is 2.22. The van der Waals surface area contributed by atoms with Crippen LogP contribution in [0.15, 0.2) is 54.7 Å². The number of nitrogens with one attached hydrogen (secondary N) is 1. The highest BCUT2D eigenvalue weighted by Crippen LogP contribution is 2.29. The van der Waals surface area contributed by atoms with Gasteiger partial charge in [0.25, 0.3) is 0 Å². The topological polar surface area (TPSA) is 120 Å². The molecule has 0 amide bonds. The van der Waals surface area contributed by atoms with Crippen molar-refractivity contribution in [3.63, 3.8) is 0 Å². The average molecular weight is 518 g/mol. The Balaban J connectivity index is 1.34. The number of carboxylic acid groups (broad SMARTS) is 1. The number of ether oxygens (including phenoxy) is 1. The van der Waals surface area contributed by atoms with E-state index in [2.05, 4.69) is 44.4 Å². The number of piperazine rings is 1. The normalized spacial score (nSPS) is 16.9. The second-order valence-corrected chi connectivity index (χ2v) is 9.68. The van der Waals surface area contributed by atoms with Gasteiger partial charge >= 0.3 is 5.97 Å². The maximum absolute atomic E-state index is 11.1. The van der Waals surface area contributed by atoms with Gasteiger partial charge in [-0.05, 0) is 41.5 Å². The minimum Gasteiger partial charge on any atom is -0.480 e. The molecule has 1 aromatic heterocycles. The smallest absolute Gasteiger partial charge is 0.317 e. The van der Waals surface area contributed by atoms with E-state index in [0.717, 1.165) is 81.5 Å². The lowest BCUT2D eigenvalue weighted by molar-refractivity contribution is -0.138. The Morgan fingerprint density at radius 3 is 2.55 bits per heavy atom. The van der Waals surface area contributed by atoms with Gasteiger partial charge < -0.3 is 25.8 Å². The van der Waals surface area contributed by atoms with Gasteiger partial charge in [-0.2, -0.15) is 0 Å². The number of aliphatic carboxylic acids is 1. The third kappa shape index (κ3) is 6.65. The number of rotatable bonds is 9. The predicted octanol–water partition coefficient (Wildman–Crippen LogP) is 2.38. The van der Waals surface area contributed by atoms with Crippen molar-refractivity contribution >= 4 is 23.3 Å². The lowest BCUT2D eigenvalue weighted by Crippen LogP contribution is -2.47. The van der Waals surface area contributed by atoms with Crippen molar-refractivity contribution in [2.45, 2.75) is 13.1 Å². The SMILES string of the molecule is NCc1cccc(-c2ccnc(Nc3ccc(N4CCOCC4)c(CN4CCN(CC(=O)O)CC4)c3)n2)c1. The van der Waals surface area contributed by atoms with Crippen molar-refractivity contribution in [3.05, 3.63) is 65.9 Å². The summed E-state index contributed by atoms with van der Waals surface area (Å²) in [6.07, 6.45) is 1.76. The molecular formula is C28H35N7O3. The first-order valence-electron chi connectivity index (χ1n) is 13.1. The molecule has 10 heteroatoms. The largest absolute Gasteiger partial charge is 0.480 e. The summed E-state index contributed by atoms with van der Waals surface area (Å²) in [6.45, 7) is 7.71. The van der Waals surface area contributed by atoms with Gasteiger partial charge in [-0.1, -0.05) is 18.2 Å². The van der Waals surface area contributed by atoms with Crippen LogP contribution in [0.1, 0.15) is 11.1 Å². The first-order chi connectivity index (χ1) is 18.6. The second-order valence-electron chi connectivity index (χ2n) is 9.68. The molecule has 0 bridgehead atoms. The standard InChI is InChI=1S/C28H35N7O3/c29-18-21-2-1-3-22(16-21)25-6-7-30-28(32-25)31-24-4-5-26(35-12-14-38-15-13-35)23(17-24)19-33-8-10-34(11-9-33)20-27(36)37/h1-7,16-17H,8-15,18-20,29H2,(H,36,37)(H,30,31,32). The first kappa shape index (κ1) is 26.1. The Hall–Kier alpha value is -3.57. The summed E-state index contributed by atoms with van der Waals surface area (Å²) in [7, 11) is 0. The van der Waals surface area contributed by atoms with Gasteiger partial charge in [0.15, 0.2) is 0 Å². The van der Waals surface area contributed by atoms with Gasteiger partial charge in [0.05, 0.1) is 25.5 Å². The third-order valence-corrected chi connectivity index (χ3v) is 7.02. The predicted molar refractivity (Wildman–Crippen MR) is 147 cm³/mol. The molecule has 200 valence electrons. The summed E-state index contributed by atoms with van der Waals surface area (Å²) in [5.74, 6) is -0.238. The first-order valence-corrected chi connectivity index (χ1v) is 13.1. The summed E-state index contributed by atoms with van der Waals surface area (Å²) in [5.41, 5.74) is 12.1. The number of carboxylic acids is 1. The zero-order valence-electron chi connectivity index (χ0n) is 21.6. The maximum atomic E-state index is 11.1. The number of nitrogens with two attached hydrogens (primary N) is 1. The molecule has 3 aromatic rings. The summed E-state index contributed by atoms with van der Waals surface area (Å²) in [5, 5.41) is 12.5. The number of anilines is 3. The van der Waals surface area contributed by atoms with E-state index in [9.17, 15) is 4.79 Å². The van der Waals surface area contributed by atoms with E-state index in [1.807, 2.05) is 29.2 Å². The van der Waals surface area contributed by atoms with E-state index >= 15 is 0 Å². The van der Waals surface area contributed by atoms with Crippen LogP contribution in [-0.4, -0.2) is 89.9 Å². The van der Waals surface area contributed by atoms with Crippen LogP contribution in [0.3, 0.4) is 0 Å². The molecule has 38 heavy (non-hydrogen) atoms. The van der Waals surface area contributed by atoms with Crippen molar-refractivity contribution in [3.8, 4) is 11.3 Å². The maximum Gasteiger partial charge on any atom is 0.317 e. The Morgan fingerprint density at radius 2 is 1.79 bits per heavy atom. The summed E-state index contributed by atoms with van der Waals surface area (Å²) < 4.78 is 5.58. The van der Waals surface area contributed by atoms with Crippen LogP contribution in [-0.2, 0) is 22.6 Å². The van der Waals surface area contributed by atoms with Gasteiger partial charge in [0.1, 0.15) is 0 Å². The molecule has 0 radical (unpaired) electrons. The van der Waals surface area contributed by atoms with Gasteiger partial charge in [-0.25, -0.2) is 9.97 Å². The van der Waals surface area contributed by atoms with E-state index in [4.69, 9.17) is 20.6 Å². The van der Waals surface area contributed by atoms with Crippen molar-refractivity contribution in [1.82, 2.24) is 19.8 Å². The third-order valence-electron chi connectivity index (χ3n) is 7.02. The van der Waals surface area contributed by atoms with E-state index in [1.54, 1.807) is 6.20 Å². The molecule has 2 aliphatic rings. The molecule has 4 N–H and O–H groups in total. The molecule has 0 unspecified atom stereocenters. The summed E-state index contributed by atoms with van der Waals surface area (Å²) >= 11 is 0. The van der Waals surface area contributed by atoms with Crippen LogP contribution in [0, 0.1) is 0 Å². The molecule has 5 rings (SSSR count). The minimum absolute atomic E-state index is 0.0991. The quantitative estimate of drug-likeness (QED) is 0.390. The van der Waals surface area contributed by atoms with Crippen molar-refractivity contribution in [2.75, 3.05) is 69.2 Å². The fourth-order valence-corrected chi connectivity index (χ4v) is 5.01. The van der Waals surface area contributed by atoms with Crippen molar-refractivity contribution < 1.29 is 14.6 Å². The van der Waals surface area contributed by atoms with E-state index in [0.29, 0.717) is 12.5 Å². The van der Waals surface area contributed by atoms with Crippen molar-refractivity contribution in [2.24, 2.45) is 5.73 Å². The van der Waals surface area contributed by atoms with Gasteiger partial charge in [0.2, 0.25) is 5.95 Å². The second kappa shape index (κ2) is 12.3. The van der Waals surface area contributed by atoms with Crippen LogP contribution in [0.25, 0.3) is 11.3 Å². The molecule has 0 atom stereocenters. The Kier molecular flexibility index (Phi) is 8.44. The molecule has 0 saturated carbocycles. The fraction of sp³-hybridized carbons (Fsp3) is 0.393. The Labute approximate surface area is 223 Å². The number of carbonyl (C=O) groups is 1. The van der Waals surface area contributed by atoms with Crippen molar-refractivity contribution in [1.29, 1.82) is 0 Å². The zero-order valence-corrected chi connectivity index (χ0v) is 21.6. The van der Waals surface area contributed by atoms with E-state index < -0.39 is 5.97 Å². The Bertz CT molecular complexity index is 1240. The monoisotopic (exact) mass is 517 g/mol. The highest BCUT2D eigenvalue weighted by atomic mass is 16.5. The molecule has 3 heterocycles. The molecule has 0 aliphatic carbocycles. The van der Waals surface area contributed by atoms with E-state index in [1.165, 1.54) is 11.3 Å². The highest BCUT2D eigenvalue weighted by molar-refractivity contribution is 5.69. The molecule has 10 nitrogen and oxygen atoms in total. The lowest BCUT2D eigenvalue weighted by Gasteiger charge is -2.36. The van der Waals surface area contributed by atoms with Crippen LogP contribution in [0.5, 0.6) is 0 Å². The van der Waals surface area contributed by atoms with Gasteiger partial charge in [-0.3, -0.25) is 14.6 Å². The number of morpholine rings is 1. The van der Waals surface area contributed by atoms with Crippen LogP contribution >= 0.6 is 0 Å². The van der Waals surface area contributed by atoms with E-state index in [-0.39, 0.29) is 6.54 Å². The molecule has 2 fully saturated rings.